The summed E-state index contributed by atoms with van der Waals surface area (Å²) in [5, 5.41) is 17.7. The van der Waals surface area contributed by atoms with Crippen LogP contribution in [0.3, 0.4) is 0 Å². The van der Waals surface area contributed by atoms with Crippen LogP contribution >= 0.6 is 0 Å². The van der Waals surface area contributed by atoms with Gasteiger partial charge < -0.3 is 24.8 Å². The molecule has 0 heterocycles. The highest BCUT2D eigenvalue weighted by Crippen LogP contribution is 2.38. The summed E-state index contributed by atoms with van der Waals surface area (Å²) in [6.07, 6.45) is 4.64. The van der Waals surface area contributed by atoms with Gasteiger partial charge in [-0.15, -0.1) is 0 Å². The lowest BCUT2D eigenvalue weighted by Gasteiger charge is -2.18. The maximum atomic E-state index is 10.9. The van der Waals surface area contributed by atoms with Crippen LogP contribution < -0.4 is 24.8 Å². The molecule has 3 rings (SSSR count). The second-order valence-corrected chi connectivity index (χ2v) is 7.60. The van der Waals surface area contributed by atoms with Crippen molar-refractivity contribution >= 4 is 11.6 Å². The van der Waals surface area contributed by atoms with Crippen molar-refractivity contribution in [1.29, 1.82) is 0 Å². The predicted octanol–water partition coefficient (Wildman–Crippen LogP) is 3.80. The first-order valence-corrected chi connectivity index (χ1v) is 10.6. The summed E-state index contributed by atoms with van der Waals surface area (Å²) < 4.78 is 16.3. The van der Waals surface area contributed by atoms with Gasteiger partial charge in [-0.3, -0.25) is 10.1 Å². The van der Waals surface area contributed by atoms with Crippen molar-refractivity contribution in [3.8, 4) is 17.2 Å². The molecule has 2 N–H and O–H groups in total. The average molecular weight is 443 g/mol. The zero-order valence-electron chi connectivity index (χ0n) is 18.7. The van der Waals surface area contributed by atoms with Crippen LogP contribution in [0.2, 0.25) is 0 Å². The number of benzene rings is 2. The Morgan fingerprint density at radius 3 is 2.19 bits per heavy atom. The van der Waals surface area contributed by atoms with Crippen molar-refractivity contribution in [2.45, 2.75) is 44.8 Å². The van der Waals surface area contributed by atoms with Gasteiger partial charge in [-0.2, -0.15) is 0 Å². The van der Waals surface area contributed by atoms with Crippen LogP contribution in [-0.4, -0.2) is 38.3 Å². The molecule has 9 nitrogen and oxygen atoms in total. The number of rotatable bonds is 9. The number of hydrogen-bond acceptors (Lipinski definition) is 6. The van der Waals surface area contributed by atoms with E-state index in [1.807, 2.05) is 12.1 Å². The normalized spacial score (nSPS) is 14.2. The molecule has 2 aromatic carbocycles. The van der Waals surface area contributed by atoms with Crippen molar-refractivity contribution in [1.82, 2.24) is 10.6 Å². The minimum Gasteiger partial charge on any atom is -0.493 e. The number of methoxy groups -OCH3 is 3. The summed E-state index contributed by atoms with van der Waals surface area (Å²) in [5.74, 6) is 2.41. The smallest absolute Gasteiger partial charge is 0.269 e. The third-order valence-electron chi connectivity index (χ3n) is 5.45. The van der Waals surface area contributed by atoms with E-state index in [9.17, 15) is 10.1 Å². The number of nitrogens with zero attached hydrogens (tertiary/aromatic N) is 2. The Hall–Kier alpha value is -3.49. The number of aliphatic imine (C=N–C) groups is 1. The van der Waals surface area contributed by atoms with Crippen LogP contribution in [0.4, 0.5) is 5.69 Å². The van der Waals surface area contributed by atoms with Crippen molar-refractivity contribution in [3.63, 3.8) is 0 Å². The lowest BCUT2D eigenvalue weighted by molar-refractivity contribution is -0.384. The number of non-ortho nitro benzene ring substituents is 1. The largest absolute Gasteiger partial charge is 0.493 e. The van der Waals surface area contributed by atoms with E-state index in [4.69, 9.17) is 19.2 Å². The maximum Gasteiger partial charge on any atom is 0.269 e. The lowest BCUT2D eigenvalue weighted by atomic mass is 10.2. The van der Waals surface area contributed by atoms with Gasteiger partial charge in [0.15, 0.2) is 17.5 Å². The van der Waals surface area contributed by atoms with Gasteiger partial charge >= 0.3 is 0 Å². The summed E-state index contributed by atoms with van der Waals surface area (Å²) in [4.78, 5) is 15.2. The first kappa shape index (κ1) is 23.2. The summed E-state index contributed by atoms with van der Waals surface area (Å²) in [5.41, 5.74) is 1.93. The fourth-order valence-corrected chi connectivity index (χ4v) is 3.73. The van der Waals surface area contributed by atoms with Gasteiger partial charge in [0.05, 0.1) is 32.8 Å². The molecule has 2 aromatic rings. The maximum absolute atomic E-state index is 10.9. The van der Waals surface area contributed by atoms with E-state index in [0.717, 1.165) is 24.0 Å². The third kappa shape index (κ3) is 6.03. The fraction of sp³-hybridized carbons (Fsp3) is 0.435. The quantitative estimate of drug-likeness (QED) is 0.263. The molecule has 0 spiro atoms. The molecule has 172 valence electrons. The Kier molecular flexibility index (Phi) is 8.13. The molecule has 1 fully saturated rings. The molecule has 0 unspecified atom stereocenters. The number of nitro benzene ring substituents is 1. The Labute approximate surface area is 187 Å². The summed E-state index contributed by atoms with van der Waals surface area (Å²) in [6.45, 7) is 0.921. The van der Waals surface area contributed by atoms with Crippen molar-refractivity contribution in [3.05, 3.63) is 57.6 Å². The predicted molar refractivity (Wildman–Crippen MR) is 123 cm³/mol. The lowest BCUT2D eigenvalue weighted by Crippen LogP contribution is -2.42. The highest BCUT2D eigenvalue weighted by molar-refractivity contribution is 5.80. The summed E-state index contributed by atoms with van der Waals surface area (Å²) in [6, 6.07) is 10.7. The first-order chi connectivity index (χ1) is 15.5. The van der Waals surface area contributed by atoms with Crippen LogP contribution in [0.1, 0.15) is 36.8 Å². The van der Waals surface area contributed by atoms with E-state index in [-0.39, 0.29) is 5.69 Å². The number of nitrogens with one attached hydrogen (secondary N) is 2. The van der Waals surface area contributed by atoms with E-state index in [1.165, 1.54) is 25.0 Å². The molecule has 1 aliphatic carbocycles. The highest BCUT2D eigenvalue weighted by Gasteiger charge is 2.17. The molecule has 0 radical (unpaired) electrons. The molecule has 0 saturated heterocycles. The van der Waals surface area contributed by atoms with Crippen LogP contribution in [0.15, 0.2) is 41.4 Å². The highest BCUT2D eigenvalue weighted by atomic mass is 16.6. The van der Waals surface area contributed by atoms with Gasteiger partial charge in [0.25, 0.3) is 5.69 Å². The standard InChI is InChI=1S/C23H30N4O5/c1-30-20-12-17(13-21(31-2)22(20)32-3)15-25-23(26-18-6-4-5-7-18)24-14-16-8-10-19(11-9-16)27(28)29/h8-13,18H,4-7,14-15H2,1-3H3,(H2,24,25,26). The first-order valence-electron chi connectivity index (χ1n) is 10.6. The molecule has 0 aromatic heterocycles. The Morgan fingerprint density at radius 2 is 1.66 bits per heavy atom. The van der Waals surface area contributed by atoms with Gasteiger partial charge in [-0.1, -0.05) is 25.0 Å². The Balaban J connectivity index is 1.75. The Bertz CT molecular complexity index is 915. The molecule has 0 bridgehead atoms. The molecule has 32 heavy (non-hydrogen) atoms. The van der Waals surface area contributed by atoms with Crippen molar-refractivity contribution in [2.24, 2.45) is 4.99 Å². The van der Waals surface area contributed by atoms with E-state index < -0.39 is 4.92 Å². The molecule has 1 aliphatic rings. The monoisotopic (exact) mass is 442 g/mol. The zero-order valence-corrected chi connectivity index (χ0v) is 18.7. The number of guanidine groups is 1. The second-order valence-electron chi connectivity index (χ2n) is 7.60. The van der Waals surface area contributed by atoms with E-state index in [1.54, 1.807) is 33.5 Å². The van der Waals surface area contributed by atoms with Crippen LogP contribution in [-0.2, 0) is 13.1 Å². The molecular weight excluding hydrogens is 412 g/mol. The summed E-state index contributed by atoms with van der Waals surface area (Å²) >= 11 is 0. The topological polar surface area (TPSA) is 107 Å². The van der Waals surface area contributed by atoms with Crippen LogP contribution in [0.25, 0.3) is 0 Å². The van der Waals surface area contributed by atoms with Crippen molar-refractivity contribution < 1.29 is 19.1 Å². The number of ether oxygens (including phenoxy) is 3. The second kappa shape index (κ2) is 11.2. The number of nitro groups is 1. The molecular formula is C23H30N4O5. The SMILES string of the molecule is COc1cc(CN=C(NCc2ccc([N+](=O)[O-])cc2)NC2CCCC2)cc(OC)c1OC. The molecule has 0 atom stereocenters. The number of hydrogen-bond donors (Lipinski definition) is 2. The van der Waals surface area contributed by atoms with E-state index in [2.05, 4.69) is 10.6 Å². The minimum absolute atomic E-state index is 0.0779. The van der Waals surface area contributed by atoms with Gasteiger partial charge in [-0.25, -0.2) is 4.99 Å². The summed E-state index contributed by atoms with van der Waals surface area (Å²) in [7, 11) is 4.75. The van der Waals surface area contributed by atoms with Crippen LogP contribution in [0, 0.1) is 10.1 Å². The zero-order chi connectivity index (χ0) is 22.9. The molecule has 0 amide bonds. The van der Waals surface area contributed by atoms with E-state index in [0.29, 0.717) is 42.3 Å². The van der Waals surface area contributed by atoms with Gasteiger partial charge in [0.2, 0.25) is 5.75 Å². The molecule has 9 heteroatoms. The molecule has 1 saturated carbocycles. The molecule has 0 aliphatic heterocycles. The minimum atomic E-state index is -0.400. The Morgan fingerprint density at radius 1 is 1.03 bits per heavy atom. The van der Waals surface area contributed by atoms with Gasteiger partial charge in [-0.05, 0) is 36.1 Å². The van der Waals surface area contributed by atoms with Gasteiger partial charge in [0.1, 0.15) is 0 Å². The van der Waals surface area contributed by atoms with E-state index >= 15 is 0 Å². The third-order valence-corrected chi connectivity index (χ3v) is 5.45. The van der Waals surface area contributed by atoms with Gasteiger partial charge in [0, 0.05) is 24.7 Å². The average Bonchev–Trinajstić information content (AvgIpc) is 3.33. The van der Waals surface area contributed by atoms with Crippen LogP contribution in [0.5, 0.6) is 17.2 Å². The fourth-order valence-electron chi connectivity index (χ4n) is 3.73. The van der Waals surface area contributed by atoms with Crippen molar-refractivity contribution in [2.75, 3.05) is 21.3 Å².